The zero-order valence-corrected chi connectivity index (χ0v) is 10.2. The molecule has 0 aromatic carbocycles. The van der Waals surface area contributed by atoms with E-state index in [1.165, 1.54) is 0 Å². The van der Waals surface area contributed by atoms with Crippen LogP contribution in [0, 0.1) is 0 Å². The molecule has 1 aromatic rings. The molecule has 0 saturated carbocycles. The van der Waals surface area contributed by atoms with Crippen LogP contribution in [0.1, 0.15) is 60.3 Å². The number of hydrogen-bond acceptors (Lipinski definition) is 3. The fraction of sp³-hybridized carbons (Fsp3) is 0.667. The average molecular weight is 238 g/mol. The van der Waals surface area contributed by atoms with Crippen molar-refractivity contribution >= 4 is 5.97 Å². The monoisotopic (exact) mass is 238 g/mol. The van der Waals surface area contributed by atoms with Crippen molar-refractivity contribution in [1.82, 2.24) is 10.2 Å². The molecule has 2 N–H and O–H groups in total. The van der Waals surface area contributed by atoms with E-state index in [0.717, 1.165) is 18.5 Å². The summed E-state index contributed by atoms with van der Waals surface area (Å²) in [5, 5.41) is 16.4. The second kappa shape index (κ2) is 4.87. The normalized spacial score (nSPS) is 17.6. The predicted octanol–water partition coefficient (Wildman–Crippen LogP) is 2.13. The fourth-order valence-electron chi connectivity index (χ4n) is 2.29. The Kier molecular flexibility index (Phi) is 3.47. The minimum Gasteiger partial charge on any atom is -0.478 e. The molecule has 5 heteroatoms. The first-order valence-corrected chi connectivity index (χ1v) is 6.00. The number of carbonyl (C=O) groups is 1. The van der Waals surface area contributed by atoms with E-state index in [2.05, 4.69) is 10.2 Å². The summed E-state index contributed by atoms with van der Waals surface area (Å²) in [7, 11) is 0. The molecule has 0 unspecified atom stereocenters. The minimum absolute atomic E-state index is 0.117. The Balaban J connectivity index is 2.36. The Morgan fingerprint density at radius 1 is 1.47 bits per heavy atom. The van der Waals surface area contributed by atoms with Gasteiger partial charge >= 0.3 is 5.97 Å². The van der Waals surface area contributed by atoms with Crippen LogP contribution in [0.15, 0.2) is 0 Å². The Hall–Kier alpha value is -1.36. The average Bonchev–Trinajstić information content (AvgIpc) is 2.74. The van der Waals surface area contributed by atoms with Crippen LogP contribution in [-0.2, 0) is 4.74 Å². The molecule has 2 heterocycles. The van der Waals surface area contributed by atoms with Crippen LogP contribution in [0.2, 0.25) is 0 Å². The van der Waals surface area contributed by atoms with Gasteiger partial charge in [0.1, 0.15) is 5.56 Å². The van der Waals surface area contributed by atoms with Gasteiger partial charge in [-0.25, -0.2) is 4.79 Å². The molecule has 1 aromatic heterocycles. The summed E-state index contributed by atoms with van der Waals surface area (Å²) >= 11 is 0. The van der Waals surface area contributed by atoms with Crippen molar-refractivity contribution in [2.45, 2.75) is 38.5 Å². The lowest BCUT2D eigenvalue weighted by Gasteiger charge is -2.21. The Bertz CT molecular complexity index is 406. The molecule has 0 bridgehead atoms. The van der Waals surface area contributed by atoms with E-state index in [-0.39, 0.29) is 11.8 Å². The second-order valence-electron chi connectivity index (χ2n) is 4.74. The number of nitrogens with zero attached hydrogens (tertiary/aromatic N) is 1. The third-order valence-electron chi connectivity index (χ3n) is 3.21. The van der Waals surface area contributed by atoms with E-state index >= 15 is 0 Å². The van der Waals surface area contributed by atoms with Crippen LogP contribution >= 0.6 is 0 Å². The second-order valence-corrected chi connectivity index (χ2v) is 4.74. The molecule has 0 radical (unpaired) electrons. The van der Waals surface area contributed by atoms with Gasteiger partial charge in [-0.2, -0.15) is 5.10 Å². The van der Waals surface area contributed by atoms with Crippen LogP contribution in [0.4, 0.5) is 0 Å². The van der Waals surface area contributed by atoms with Crippen molar-refractivity contribution in [3.8, 4) is 0 Å². The summed E-state index contributed by atoms with van der Waals surface area (Å²) in [4.78, 5) is 11.4. The third-order valence-corrected chi connectivity index (χ3v) is 3.21. The molecule has 0 aliphatic carbocycles. The summed E-state index contributed by atoms with van der Waals surface area (Å²) in [6.07, 6.45) is 1.72. The van der Waals surface area contributed by atoms with Crippen molar-refractivity contribution in [2.24, 2.45) is 0 Å². The molecule has 1 saturated heterocycles. The molecule has 94 valence electrons. The molecule has 1 fully saturated rings. The molecule has 2 rings (SSSR count). The molecular formula is C12H18N2O3. The predicted molar refractivity (Wildman–Crippen MR) is 62.4 cm³/mol. The van der Waals surface area contributed by atoms with Gasteiger partial charge in [0.05, 0.1) is 11.4 Å². The number of aromatic amines is 1. The van der Waals surface area contributed by atoms with Crippen molar-refractivity contribution in [2.75, 3.05) is 13.2 Å². The van der Waals surface area contributed by atoms with Crippen LogP contribution in [0.5, 0.6) is 0 Å². The molecule has 1 aliphatic rings. The van der Waals surface area contributed by atoms with Crippen molar-refractivity contribution in [1.29, 1.82) is 0 Å². The Morgan fingerprint density at radius 2 is 2.12 bits per heavy atom. The number of nitrogens with one attached hydrogen (secondary N) is 1. The van der Waals surface area contributed by atoms with Gasteiger partial charge in [0.2, 0.25) is 0 Å². The lowest BCUT2D eigenvalue weighted by molar-refractivity contribution is 0.0683. The minimum atomic E-state index is -0.885. The van der Waals surface area contributed by atoms with Gasteiger partial charge in [-0.05, 0) is 18.8 Å². The molecule has 5 nitrogen and oxygen atoms in total. The highest BCUT2D eigenvalue weighted by Crippen LogP contribution is 2.31. The number of hydrogen-bond donors (Lipinski definition) is 2. The first-order valence-electron chi connectivity index (χ1n) is 6.00. The number of carboxylic acids is 1. The van der Waals surface area contributed by atoms with E-state index in [0.29, 0.717) is 24.5 Å². The van der Waals surface area contributed by atoms with Gasteiger partial charge in [0.15, 0.2) is 0 Å². The zero-order chi connectivity index (χ0) is 12.4. The summed E-state index contributed by atoms with van der Waals surface area (Å²) in [5.74, 6) is -0.537. The SMILES string of the molecule is CC(C)c1n[nH]c(C2CCOCC2)c1C(=O)O. The fourth-order valence-corrected chi connectivity index (χ4v) is 2.29. The highest BCUT2D eigenvalue weighted by molar-refractivity contribution is 5.90. The van der Waals surface area contributed by atoms with E-state index < -0.39 is 5.97 Å². The van der Waals surface area contributed by atoms with Gasteiger partial charge in [-0.3, -0.25) is 5.10 Å². The van der Waals surface area contributed by atoms with Crippen molar-refractivity contribution in [3.05, 3.63) is 17.0 Å². The topological polar surface area (TPSA) is 75.2 Å². The largest absolute Gasteiger partial charge is 0.478 e. The Labute approximate surface area is 100 Å². The summed E-state index contributed by atoms with van der Waals surface area (Å²) in [6, 6.07) is 0. The lowest BCUT2D eigenvalue weighted by atomic mass is 9.91. The summed E-state index contributed by atoms with van der Waals surface area (Å²) in [6.45, 7) is 5.30. The molecular weight excluding hydrogens is 220 g/mol. The van der Waals surface area contributed by atoms with Crippen molar-refractivity contribution in [3.63, 3.8) is 0 Å². The molecule has 1 aliphatic heterocycles. The van der Waals surface area contributed by atoms with Crippen LogP contribution < -0.4 is 0 Å². The van der Waals surface area contributed by atoms with Crippen molar-refractivity contribution < 1.29 is 14.6 Å². The van der Waals surface area contributed by atoms with Crippen LogP contribution in [0.3, 0.4) is 0 Å². The maximum Gasteiger partial charge on any atom is 0.339 e. The zero-order valence-electron chi connectivity index (χ0n) is 10.2. The maximum atomic E-state index is 11.4. The van der Waals surface area contributed by atoms with E-state index in [4.69, 9.17) is 4.74 Å². The molecule has 17 heavy (non-hydrogen) atoms. The van der Waals surface area contributed by atoms with E-state index in [1.807, 2.05) is 13.8 Å². The number of H-pyrrole nitrogens is 1. The first kappa shape index (κ1) is 12.1. The standard InChI is InChI=1S/C12H18N2O3/c1-7(2)10-9(12(15)16)11(14-13-10)8-3-5-17-6-4-8/h7-8H,3-6H2,1-2H3,(H,13,14)(H,15,16). The van der Waals surface area contributed by atoms with Gasteiger partial charge in [0.25, 0.3) is 0 Å². The molecule has 0 spiro atoms. The number of carboxylic acid groups (broad SMARTS) is 1. The smallest absolute Gasteiger partial charge is 0.339 e. The molecule has 0 atom stereocenters. The van der Waals surface area contributed by atoms with Gasteiger partial charge in [0, 0.05) is 19.1 Å². The van der Waals surface area contributed by atoms with Gasteiger partial charge in [-0.15, -0.1) is 0 Å². The van der Waals surface area contributed by atoms with E-state index in [9.17, 15) is 9.90 Å². The number of aromatic carboxylic acids is 1. The highest BCUT2D eigenvalue weighted by Gasteiger charge is 2.27. The summed E-state index contributed by atoms with van der Waals surface area (Å²) in [5.41, 5.74) is 1.79. The Morgan fingerprint density at radius 3 is 2.65 bits per heavy atom. The van der Waals surface area contributed by atoms with Crippen LogP contribution in [0.25, 0.3) is 0 Å². The number of aromatic nitrogens is 2. The lowest BCUT2D eigenvalue weighted by Crippen LogP contribution is -2.17. The highest BCUT2D eigenvalue weighted by atomic mass is 16.5. The third kappa shape index (κ3) is 2.34. The maximum absolute atomic E-state index is 11.4. The van der Waals surface area contributed by atoms with E-state index in [1.54, 1.807) is 0 Å². The molecule has 0 amide bonds. The van der Waals surface area contributed by atoms with Gasteiger partial charge in [-0.1, -0.05) is 13.8 Å². The number of rotatable bonds is 3. The first-order chi connectivity index (χ1) is 8.11. The van der Waals surface area contributed by atoms with Gasteiger partial charge < -0.3 is 9.84 Å². The summed E-state index contributed by atoms with van der Waals surface area (Å²) < 4.78 is 5.29. The van der Waals surface area contributed by atoms with Crippen LogP contribution in [-0.4, -0.2) is 34.5 Å². The number of ether oxygens (including phenoxy) is 1. The quantitative estimate of drug-likeness (QED) is 0.845.